The molecular weight excluding hydrogens is 403 g/mol. The maximum absolute atomic E-state index is 14.1. The number of nitriles is 2. The number of rotatable bonds is 14. The molecule has 1 atom stereocenters. The molecule has 4 nitrogen and oxygen atoms in total. The van der Waals surface area contributed by atoms with Crippen LogP contribution in [0.15, 0.2) is 48.5 Å². The fourth-order valence-corrected chi connectivity index (χ4v) is 3.60. The number of ketones is 2. The number of halogens is 1. The first-order chi connectivity index (χ1) is 15.5. The molecule has 1 unspecified atom stereocenters. The van der Waals surface area contributed by atoms with Crippen molar-refractivity contribution in [3.05, 3.63) is 70.8 Å². The van der Waals surface area contributed by atoms with E-state index in [1.807, 2.05) is 12.1 Å². The Bertz CT molecular complexity index is 988. The Kier molecular flexibility index (Phi) is 10.8. The average Bonchev–Trinajstić information content (AvgIpc) is 2.83. The number of nitrogens with zero attached hydrogens (tertiary/aromatic N) is 2. The van der Waals surface area contributed by atoms with Crippen molar-refractivity contribution in [1.29, 1.82) is 10.5 Å². The molecule has 2 aromatic carbocycles. The lowest BCUT2D eigenvalue weighted by molar-refractivity contribution is 0.0963. The summed E-state index contributed by atoms with van der Waals surface area (Å²) in [5, 5.41) is 17.8. The molecule has 0 aliphatic heterocycles. The van der Waals surface area contributed by atoms with Crippen LogP contribution in [0.5, 0.6) is 0 Å². The van der Waals surface area contributed by atoms with Crippen molar-refractivity contribution in [2.45, 2.75) is 70.4 Å². The van der Waals surface area contributed by atoms with Crippen LogP contribution in [0.25, 0.3) is 0 Å². The van der Waals surface area contributed by atoms with E-state index in [-0.39, 0.29) is 24.4 Å². The number of Topliss-reactive ketones (excluding diaryl/α,β-unsaturated/α-hetero) is 2. The zero-order valence-corrected chi connectivity index (χ0v) is 18.4. The van der Waals surface area contributed by atoms with Gasteiger partial charge in [0, 0.05) is 24.0 Å². The summed E-state index contributed by atoms with van der Waals surface area (Å²) in [6.07, 6.45) is 5.84. The first kappa shape index (κ1) is 25.0. The van der Waals surface area contributed by atoms with Gasteiger partial charge < -0.3 is 0 Å². The van der Waals surface area contributed by atoms with Crippen LogP contribution in [-0.4, -0.2) is 17.7 Å². The number of unbranched alkanes of at least 4 members (excludes halogenated alkanes) is 5. The Morgan fingerprint density at radius 2 is 1.22 bits per heavy atom. The molecule has 0 N–H and O–H groups in total. The largest absolute Gasteiger partial charge is 0.294 e. The third kappa shape index (κ3) is 8.82. The highest BCUT2D eigenvalue weighted by molar-refractivity contribution is 5.96. The van der Waals surface area contributed by atoms with Crippen molar-refractivity contribution < 1.29 is 14.0 Å². The Morgan fingerprint density at radius 3 is 1.78 bits per heavy atom. The molecule has 0 amide bonds. The third-order valence-electron chi connectivity index (χ3n) is 5.48. The standard InChI is InChI=1S/C27H29FN2O2/c28-25(15-16-27(32)24-12-8-10-22(18-24)20-30)13-5-3-1-2-4-6-14-26(31)23-11-7-9-21(17-23)19-29/h7-12,17-18,25H,1-6,13-16H2. The number of benzene rings is 2. The van der Waals surface area contributed by atoms with Gasteiger partial charge in [-0.25, -0.2) is 4.39 Å². The number of alkyl halides is 1. The molecule has 2 rings (SSSR count). The molecule has 0 heterocycles. The normalized spacial score (nSPS) is 11.3. The first-order valence-electron chi connectivity index (χ1n) is 11.2. The quantitative estimate of drug-likeness (QED) is 0.245. The first-order valence-corrected chi connectivity index (χ1v) is 11.2. The van der Waals surface area contributed by atoms with Crippen molar-refractivity contribution >= 4 is 11.6 Å². The van der Waals surface area contributed by atoms with Crippen LogP contribution in [0, 0.1) is 22.7 Å². The van der Waals surface area contributed by atoms with Gasteiger partial charge in [-0.15, -0.1) is 0 Å². The Labute approximate surface area is 189 Å². The van der Waals surface area contributed by atoms with Crippen LogP contribution in [0.4, 0.5) is 4.39 Å². The van der Waals surface area contributed by atoms with Gasteiger partial charge in [0.15, 0.2) is 11.6 Å². The Balaban J connectivity index is 1.51. The molecule has 0 saturated heterocycles. The summed E-state index contributed by atoms with van der Waals surface area (Å²) >= 11 is 0. The minimum Gasteiger partial charge on any atom is -0.294 e. The Morgan fingerprint density at radius 1 is 0.719 bits per heavy atom. The van der Waals surface area contributed by atoms with Gasteiger partial charge >= 0.3 is 0 Å². The van der Waals surface area contributed by atoms with E-state index in [1.54, 1.807) is 48.5 Å². The Hall–Kier alpha value is -3.31. The van der Waals surface area contributed by atoms with E-state index in [4.69, 9.17) is 10.5 Å². The summed E-state index contributed by atoms with van der Waals surface area (Å²) in [4.78, 5) is 24.3. The van der Waals surface area contributed by atoms with Crippen molar-refractivity contribution in [2.24, 2.45) is 0 Å². The van der Waals surface area contributed by atoms with E-state index in [9.17, 15) is 14.0 Å². The van der Waals surface area contributed by atoms with E-state index < -0.39 is 6.17 Å². The van der Waals surface area contributed by atoms with Gasteiger partial charge in [-0.3, -0.25) is 9.59 Å². The van der Waals surface area contributed by atoms with Gasteiger partial charge in [0.1, 0.15) is 6.17 Å². The van der Waals surface area contributed by atoms with Crippen LogP contribution < -0.4 is 0 Å². The van der Waals surface area contributed by atoms with Crippen molar-refractivity contribution in [3.63, 3.8) is 0 Å². The number of hydrogen-bond acceptors (Lipinski definition) is 4. The van der Waals surface area contributed by atoms with Crippen LogP contribution in [-0.2, 0) is 0 Å². The van der Waals surface area contributed by atoms with Gasteiger partial charge in [-0.1, -0.05) is 56.4 Å². The van der Waals surface area contributed by atoms with Crippen LogP contribution in [0.1, 0.15) is 96.1 Å². The van der Waals surface area contributed by atoms with Gasteiger partial charge in [-0.05, 0) is 43.5 Å². The molecule has 32 heavy (non-hydrogen) atoms. The summed E-state index contributed by atoms with van der Waals surface area (Å²) < 4.78 is 14.1. The minimum atomic E-state index is -0.986. The lowest BCUT2D eigenvalue weighted by atomic mass is 10.00. The maximum atomic E-state index is 14.1. The highest BCUT2D eigenvalue weighted by Gasteiger charge is 2.12. The van der Waals surface area contributed by atoms with Crippen LogP contribution >= 0.6 is 0 Å². The molecule has 0 bridgehead atoms. The second-order valence-electron chi connectivity index (χ2n) is 8.03. The van der Waals surface area contributed by atoms with E-state index in [1.165, 1.54) is 0 Å². The lowest BCUT2D eigenvalue weighted by Crippen LogP contribution is -2.06. The predicted molar refractivity (Wildman–Crippen MR) is 122 cm³/mol. The smallest absolute Gasteiger partial charge is 0.163 e. The summed E-state index contributed by atoms with van der Waals surface area (Å²) in [6, 6.07) is 17.4. The van der Waals surface area contributed by atoms with E-state index in [2.05, 4.69) is 0 Å². The fraction of sp³-hybridized carbons (Fsp3) is 0.407. The van der Waals surface area contributed by atoms with E-state index in [0.717, 1.165) is 38.5 Å². The zero-order valence-electron chi connectivity index (χ0n) is 18.4. The van der Waals surface area contributed by atoms with E-state index in [0.29, 0.717) is 35.1 Å². The van der Waals surface area contributed by atoms with Gasteiger partial charge in [-0.2, -0.15) is 10.5 Å². The molecule has 0 spiro atoms. The van der Waals surface area contributed by atoms with Crippen LogP contribution in [0.2, 0.25) is 0 Å². The monoisotopic (exact) mass is 432 g/mol. The summed E-state index contributed by atoms with van der Waals surface area (Å²) in [6.45, 7) is 0. The lowest BCUT2D eigenvalue weighted by Gasteiger charge is -2.08. The topological polar surface area (TPSA) is 81.7 Å². The predicted octanol–water partition coefficient (Wildman–Crippen LogP) is 6.73. The molecule has 0 aliphatic carbocycles. The zero-order chi connectivity index (χ0) is 23.2. The molecule has 0 aromatic heterocycles. The highest BCUT2D eigenvalue weighted by Crippen LogP contribution is 2.17. The molecule has 0 saturated carbocycles. The number of carbonyl (C=O) groups is 2. The second kappa shape index (κ2) is 13.9. The minimum absolute atomic E-state index is 0.0660. The van der Waals surface area contributed by atoms with Crippen molar-refractivity contribution in [2.75, 3.05) is 0 Å². The molecule has 0 fully saturated rings. The number of carbonyl (C=O) groups excluding carboxylic acids is 2. The van der Waals surface area contributed by atoms with E-state index >= 15 is 0 Å². The van der Waals surface area contributed by atoms with Crippen molar-refractivity contribution in [1.82, 2.24) is 0 Å². The maximum Gasteiger partial charge on any atom is 0.163 e. The molecule has 0 radical (unpaired) electrons. The fourth-order valence-electron chi connectivity index (χ4n) is 3.60. The summed E-state index contributed by atoms with van der Waals surface area (Å²) in [5.41, 5.74) is 1.99. The van der Waals surface area contributed by atoms with Gasteiger partial charge in [0.05, 0.1) is 23.3 Å². The summed E-state index contributed by atoms with van der Waals surface area (Å²) in [5.74, 6) is -0.0603. The third-order valence-corrected chi connectivity index (χ3v) is 5.48. The van der Waals surface area contributed by atoms with Gasteiger partial charge in [0.25, 0.3) is 0 Å². The van der Waals surface area contributed by atoms with Crippen molar-refractivity contribution in [3.8, 4) is 12.1 Å². The van der Waals surface area contributed by atoms with Gasteiger partial charge in [0.2, 0.25) is 0 Å². The molecule has 2 aromatic rings. The SMILES string of the molecule is N#Cc1cccc(C(=O)CCCCCCCCC(F)CCC(=O)c2cccc(C#N)c2)c1. The molecular formula is C27H29FN2O2. The summed E-state index contributed by atoms with van der Waals surface area (Å²) in [7, 11) is 0. The second-order valence-corrected chi connectivity index (χ2v) is 8.03. The van der Waals surface area contributed by atoms with Crippen LogP contribution in [0.3, 0.4) is 0 Å². The number of hydrogen-bond donors (Lipinski definition) is 0. The molecule has 5 heteroatoms. The molecule has 0 aliphatic rings. The molecule has 166 valence electrons. The average molecular weight is 433 g/mol. The highest BCUT2D eigenvalue weighted by atomic mass is 19.1.